The van der Waals surface area contributed by atoms with Gasteiger partial charge in [-0.05, 0) is 32.3 Å². The molecule has 1 aromatic carbocycles. The molecular weight excluding hydrogens is 330 g/mol. The fraction of sp³-hybridized carbons (Fsp3) is 0.421. The minimum Gasteiger partial charge on any atom is -0.376 e. The van der Waals surface area contributed by atoms with Crippen LogP contribution in [0.2, 0.25) is 0 Å². The Balaban J connectivity index is 1.70. The van der Waals surface area contributed by atoms with Gasteiger partial charge in [0.05, 0.1) is 12.6 Å². The van der Waals surface area contributed by atoms with Gasteiger partial charge in [0.15, 0.2) is 5.96 Å². The predicted octanol–water partition coefficient (Wildman–Crippen LogP) is 1.96. The van der Waals surface area contributed by atoms with Crippen LogP contribution < -0.4 is 16.2 Å². The van der Waals surface area contributed by atoms with Gasteiger partial charge in [-0.15, -0.1) is 0 Å². The molecule has 1 aromatic heterocycles. The summed E-state index contributed by atoms with van der Waals surface area (Å²) < 4.78 is 7.27. The number of benzene rings is 1. The third-order valence-corrected chi connectivity index (χ3v) is 4.71. The number of ether oxygens (including phenoxy) is 1. The molecule has 0 spiro atoms. The summed E-state index contributed by atoms with van der Waals surface area (Å²) in [6.45, 7) is 5.25. The van der Waals surface area contributed by atoms with Gasteiger partial charge in [-0.3, -0.25) is 19.7 Å². The molecule has 2 atom stereocenters. The number of anilines is 1. The lowest BCUT2D eigenvalue weighted by Gasteiger charge is -2.31. The summed E-state index contributed by atoms with van der Waals surface area (Å²) in [7, 11) is 0. The van der Waals surface area contributed by atoms with Crippen molar-refractivity contribution >= 4 is 11.9 Å². The Hall–Kier alpha value is -2.67. The fourth-order valence-electron chi connectivity index (χ4n) is 3.33. The molecule has 4 rings (SSSR count). The molecule has 2 aliphatic heterocycles. The summed E-state index contributed by atoms with van der Waals surface area (Å²) in [6.07, 6.45) is 1.93. The summed E-state index contributed by atoms with van der Waals surface area (Å²) in [6, 6.07) is 9.66. The van der Waals surface area contributed by atoms with Crippen LogP contribution in [0, 0.1) is 13.8 Å². The lowest BCUT2D eigenvalue weighted by molar-refractivity contribution is 0.117. The number of hydrogen-bond acceptors (Lipinski definition) is 4. The van der Waals surface area contributed by atoms with Crippen LogP contribution in [0.15, 0.2) is 40.1 Å². The van der Waals surface area contributed by atoms with E-state index < -0.39 is 0 Å². The first-order chi connectivity index (χ1) is 12.6. The van der Waals surface area contributed by atoms with E-state index in [1.54, 1.807) is 10.6 Å². The SMILES string of the molecule is Cc1ccc([C@@H]2NC(=NC[C@H]3CCCO3)Nc3nc(C)cc(=O)n32)cc1. The van der Waals surface area contributed by atoms with Gasteiger partial charge in [0.1, 0.15) is 6.17 Å². The molecule has 2 N–H and O–H groups in total. The molecule has 0 amide bonds. The van der Waals surface area contributed by atoms with Crippen LogP contribution in [-0.4, -0.2) is 34.8 Å². The molecule has 1 saturated heterocycles. The highest BCUT2D eigenvalue weighted by molar-refractivity contribution is 5.93. The van der Waals surface area contributed by atoms with Crippen molar-refractivity contribution < 1.29 is 4.74 Å². The number of rotatable bonds is 3. The minimum absolute atomic E-state index is 0.101. The average Bonchev–Trinajstić information content (AvgIpc) is 3.13. The van der Waals surface area contributed by atoms with E-state index in [1.807, 2.05) is 38.1 Å². The molecule has 0 aliphatic carbocycles. The summed E-state index contributed by atoms with van der Waals surface area (Å²) in [5.74, 6) is 1.12. The standard InChI is InChI=1S/C19H23N5O2/c1-12-5-7-14(8-6-12)17-22-18(20-11-15-4-3-9-26-15)23-19-21-13(2)10-16(25)24(17)19/h5-8,10,15,17H,3-4,9,11H2,1-2H3,(H2,20,21,22,23)/t15-,17-/m1/s1. The Kier molecular flexibility index (Phi) is 4.46. The summed E-state index contributed by atoms with van der Waals surface area (Å²) in [4.78, 5) is 21.7. The van der Waals surface area contributed by atoms with Gasteiger partial charge < -0.3 is 10.1 Å². The van der Waals surface area contributed by atoms with Crippen LogP contribution >= 0.6 is 0 Å². The second-order valence-corrected chi connectivity index (χ2v) is 6.84. The van der Waals surface area contributed by atoms with Crippen molar-refractivity contribution in [3.63, 3.8) is 0 Å². The summed E-state index contributed by atoms with van der Waals surface area (Å²) in [5, 5.41) is 6.48. The van der Waals surface area contributed by atoms with Crippen molar-refractivity contribution in [3.05, 3.63) is 57.5 Å². The number of nitrogens with one attached hydrogen (secondary N) is 2. The van der Waals surface area contributed by atoms with E-state index in [1.165, 1.54) is 5.56 Å². The highest BCUT2D eigenvalue weighted by Gasteiger charge is 2.26. The first-order valence-corrected chi connectivity index (χ1v) is 8.96. The smallest absolute Gasteiger partial charge is 0.257 e. The topological polar surface area (TPSA) is 80.5 Å². The van der Waals surface area contributed by atoms with Gasteiger partial charge >= 0.3 is 0 Å². The third kappa shape index (κ3) is 3.35. The lowest BCUT2D eigenvalue weighted by atomic mass is 10.1. The van der Waals surface area contributed by atoms with E-state index in [4.69, 9.17) is 4.74 Å². The van der Waals surface area contributed by atoms with Crippen LogP contribution in [0.1, 0.15) is 35.8 Å². The number of aryl methyl sites for hydroxylation is 2. The largest absolute Gasteiger partial charge is 0.376 e. The molecule has 0 saturated carbocycles. The summed E-state index contributed by atoms with van der Waals surface area (Å²) >= 11 is 0. The van der Waals surface area contributed by atoms with Gasteiger partial charge in [-0.1, -0.05) is 29.8 Å². The Morgan fingerprint density at radius 3 is 2.85 bits per heavy atom. The Labute approximate surface area is 152 Å². The molecule has 26 heavy (non-hydrogen) atoms. The normalized spacial score (nSPS) is 23.4. The molecule has 0 unspecified atom stereocenters. The van der Waals surface area contributed by atoms with E-state index in [0.717, 1.165) is 25.0 Å². The molecule has 0 bridgehead atoms. The van der Waals surface area contributed by atoms with Gasteiger partial charge in [0.25, 0.3) is 5.56 Å². The van der Waals surface area contributed by atoms with E-state index in [-0.39, 0.29) is 17.8 Å². The predicted molar refractivity (Wildman–Crippen MR) is 101 cm³/mol. The molecule has 0 radical (unpaired) electrons. The number of guanidine groups is 1. The van der Waals surface area contributed by atoms with Crippen LogP contribution in [0.25, 0.3) is 0 Å². The zero-order valence-corrected chi connectivity index (χ0v) is 15.0. The van der Waals surface area contributed by atoms with E-state index in [0.29, 0.717) is 24.1 Å². The highest BCUT2D eigenvalue weighted by Crippen LogP contribution is 2.22. The molecule has 2 aromatic rings. The first kappa shape index (κ1) is 16.8. The Bertz CT molecular complexity index is 882. The van der Waals surface area contributed by atoms with Gasteiger partial charge in [0, 0.05) is 18.4 Å². The maximum Gasteiger partial charge on any atom is 0.257 e. The van der Waals surface area contributed by atoms with Crippen molar-refractivity contribution in [2.75, 3.05) is 18.5 Å². The molecular formula is C19H23N5O2. The van der Waals surface area contributed by atoms with Crippen molar-refractivity contribution in [1.29, 1.82) is 0 Å². The van der Waals surface area contributed by atoms with Crippen LogP contribution in [0.5, 0.6) is 0 Å². The second-order valence-electron chi connectivity index (χ2n) is 6.84. The molecule has 2 aliphatic rings. The van der Waals surface area contributed by atoms with Gasteiger partial charge in [-0.25, -0.2) is 4.98 Å². The lowest BCUT2D eigenvalue weighted by Crippen LogP contribution is -2.48. The summed E-state index contributed by atoms with van der Waals surface area (Å²) in [5.41, 5.74) is 2.73. The number of fused-ring (bicyclic) bond motifs is 1. The minimum atomic E-state index is -0.351. The fourth-order valence-corrected chi connectivity index (χ4v) is 3.33. The van der Waals surface area contributed by atoms with Gasteiger partial charge in [0.2, 0.25) is 5.95 Å². The average molecular weight is 353 g/mol. The van der Waals surface area contributed by atoms with E-state index >= 15 is 0 Å². The Morgan fingerprint density at radius 2 is 2.12 bits per heavy atom. The quantitative estimate of drug-likeness (QED) is 0.882. The maximum atomic E-state index is 12.6. The van der Waals surface area contributed by atoms with E-state index in [2.05, 4.69) is 20.6 Å². The molecule has 3 heterocycles. The number of hydrogen-bond donors (Lipinski definition) is 2. The van der Waals surface area contributed by atoms with Crippen molar-refractivity contribution in [2.24, 2.45) is 4.99 Å². The monoisotopic (exact) mass is 353 g/mol. The maximum absolute atomic E-state index is 12.6. The number of nitrogens with zero attached hydrogens (tertiary/aromatic N) is 3. The third-order valence-electron chi connectivity index (χ3n) is 4.71. The zero-order chi connectivity index (χ0) is 18.1. The molecule has 1 fully saturated rings. The first-order valence-electron chi connectivity index (χ1n) is 8.96. The van der Waals surface area contributed by atoms with Crippen LogP contribution in [0.3, 0.4) is 0 Å². The van der Waals surface area contributed by atoms with E-state index in [9.17, 15) is 4.79 Å². The van der Waals surface area contributed by atoms with Gasteiger partial charge in [-0.2, -0.15) is 0 Å². The molecule has 136 valence electrons. The van der Waals surface area contributed by atoms with Crippen molar-refractivity contribution in [3.8, 4) is 0 Å². The zero-order valence-electron chi connectivity index (χ0n) is 15.0. The number of aromatic nitrogens is 2. The molecule has 7 heteroatoms. The molecule has 7 nitrogen and oxygen atoms in total. The highest BCUT2D eigenvalue weighted by atomic mass is 16.5. The Morgan fingerprint density at radius 1 is 1.31 bits per heavy atom. The second kappa shape index (κ2) is 6.92. The van der Waals surface area contributed by atoms with Crippen molar-refractivity contribution in [2.45, 2.75) is 39.0 Å². The number of aliphatic imine (C=N–C) groups is 1. The van der Waals surface area contributed by atoms with Crippen LogP contribution in [0.4, 0.5) is 5.95 Å². The van der Waals surface area contributed by atoms with Crippen molar-refractivity contribution in [1.82, 2.24) is 14.9 Å². The van der Waals surface area contributed by atoms with Crippen LogP contribution in [-0.2, 0) is 4.74 Å².